The summed E-state index contributed by atoms with van der Waals surface area (Å²) in [6.45, 7) is 2.72. The van der Waals surface area contributed by atoms with Crippen molar-refractivity contribution in [2.75, 3.05) is 11.9 Å². The van der Waals surface area contributed by atoms with Gasteiger partial charge >= 0.3 is 0 Å². The molecule has 6 aromatic rings. The molecule has 43 heavy (non-hydrogen) atoms. The van der Waals surface area contributed by atoms with Gasteiger partial charge in [0, 0.05) is 41.2 Å². The summed E-state index contributed by atoms with van der Waals surface area (Å²) in [5.74, 6) is 0.929. The molecule has 0 spiro atoms. The van der Waals surface area contributed by atoms with Crippen LogP contribution in [0.3, 0.4) is 0 Å². The van der Waals surface area contributed by atoms with Crippen molar-refractivity contribution >= 4 is 56.2 Å². The maximum Gasteiger partial charge on any atom is 0.237 e. The van der Waals surface area contributed by atoms with E-state index in [-0.39, 0.29) is 18.3 Å². The number of hydrogen-bond acceptors (Lipinski definition) is 6. The normalized spacial score (nSPS) is 14.2. The van der Waals surface area contributed by atoms with Crippen molar-refractivity contribution in [2.45, 2.75) is 25.4 Å². The van der Waals surface area contributed by atoms with Crippen LogP contribution in [0, 0.1) is 0 Å². The quantitative estimate of drug-likeness (QED) is 0.209. The molecule has 0 fully saturated rings. The van der Waals surface area contributed by atoms with Crippen molar-refractivity contribution in [1.29, 1.82) is 0 Å². The highest BCUT2D eigenvalue weighted by Crippen LogP contribution is 2.48. The second-order valence-corrected chi connectivity index (χ2v) is 12.9. The molecule has 4 aromatic carbocycles. The maximum absolute atomic E-state index is 14.3. The maximum atomic E-state index is 14.3. The van der Waals surface area contributed by atoms with Crippen LogP contribution in [0.15, 0.2) is 103 Å². The van der Waals surface area contributed by atoms with E-state index >= 15 is 0 Å². The van der Waals surface area contributed by atoms with Gasteiger partial charge in [-0.1, -0.05) is 78.9 Å². The number of fused-ring (bicyclic) bond motifs is 4. The fourth-order valence-corrected chi connectivity index (χ4v) is 8.51. The fraction of sp³-hybridized carbons (Fsp3) is 0.143. The number of aromatic nitrogens is 1. The summed E-state index contributed by atoms with van der Waals surface area (Å²) in [4.78, 5) is 23.1. The molecule has 0 saturated heterocycles. The van der Waals surface area contributed by atoms with Gasteiger partial charge in [0.1, 0.15) is 21.5 Å². The highest BCUT2D eigenvalue weighted by atomic mass is 35.5. The Morgan fingerprint density at radius 3 is 2.28 bits per heavy atom. The van der Waals surface area contributed by atoms with Crippen LogP contribution in [0.25, 0.3) is 20.8 Å². The van der Waals surface area contributed by atoms with E-state index < -0.39 is 5.92 Å². The summed E-state index contributed by atoms with van der Waals surface area (Å²) in [6, 6.07) is 34.6. The minimum absolute atomic E-state index is 0. The summed E-state index contributed by atoms with van der Waals surface area (Å²) in [5, 5.41) is 5.25. The Bertz CT molecular complexity index is 1870. The van der Waals surface area contributed by atoms with Crippen LogP contribution in [0.2, 0.25) is 0 Å². The number of hydrogen-bond donors (Lipinski definition) is 1. The first-order valence-corrected chi connectivity index (χ1v) is 15.8. The first-order valence-electron chi connectivity index (χ1n) is 14.1. The molecule has 2 aliphatic rings. The van der Waals surface area contributed by atoms with E-state index in [4.69, 9.17) is 9.72 Å². The van der Waals surface area contributed by atoms with Crippen LogP contribution in [0.4, 0.5) is 5.00 Å². The van der Waals surface area contributed by atoms with Crippen LogP contribution in [0.5, 0.6) is 11.5 Å². The van der Waals surface area contributed by atoms with E-state index in [0.29, 0.717) is 0 Å². The van der Waals surface area contributed by atoms with Crippen molar-refractivity contribution in [3.05, 3.63) is 130 Å². The van der Waals surface area contributed by atoms with Crippen molar-refractivity contribution in [2.24, 2.45) is 0 Å². The van der Waals surface area contributed by atoms with Gasteiger partial charge in [-0.05, 0) is 41.8 Å². The molecule has 0 aliphatic carbocycles. The Balaban J connectivity index is 0.00000300. The van der Waals surface area contributed by atoms with Crippen LogP contribution >= 0.6 is 35.1 Å². The second kappa shape index (κ2) is 11.6. The van der Waals surface area contributed by atoms with Crippen molar-refractivity contribution in [3.8, 4) is 22.1 Å². The Morgan fingerprint density at radius 2 is 1.53 bits per heavy atom. The molecule has 214 valence electrons. The van der Waals surface area contributed by atoms with E-state index in [1.54, 1.807) is 22.7 Å². The molecule has 0 radical (unpaired) electrons. The number of nitrogens with zero attached hydrogens (tertiary/aromatic N) is 2. The Morgan fingerprint density at radius 1 is 0.860 bits per heavy atom. The van der Waals surface area contributed by atoms with Crippen LogP contribution in [-0.2, 0) is 24.3 Å². The molecule has 8 rings (SSSR count). The number of para-hydroxylation sites is 3. The minimum atomic E-state index is -0.469. The average Bonchev–Trinajstić information content (AvgIpc) is 3.60. The third-order valence-corrected chi connectivity index (χ3v) is 10.3. The van der Waals surface area contributed by atoms with Gasteiger partial charge in [-0.2, -0.15) is 0 Å². The molecule has 0 bridgehead atoms. The predicted octanol–water partition coefficient (Wildman–Crippen LogP) is 8.88. The first kappa shape index (κ1) is 27.8. The zero-order valence-corrected chi connectivity index (χ0v) is 25.6. The molecule has 2 aliphatic heterocycles. The van der Waals surface area contributed by atoms with E-state index in [1.165, 1.54) is 16.0 Å². The molecule has 1 amide bonds. The lowest BCUT2D eigenvalue weighted by Gasteiger charge is -2.27. The van der Waals surface area contributed by atoms with Crippen molar-refractivity contribution < 1.29 is 9.53 Å². The number of carbonyl (C=O) groups excluding carboxylic acids is 1. The van der Waals surface area contributed by atoms with E-state index in [2.05, 4.69) is 58.7 Å². The van der Waals surface area contributed by atoms with E-state index in [0.717, 1.165) is 74.5 Å². The number of amides is 1. The summed E-state index contributed by atoms with van der Waals surface area (Å²) in [6.07, 6.45) is 0.919. The van der Waals surface area contributed by atoms with Gasteiger partial charge in [-0.15, -0.1) is 35.1 Å². The molecule has 0 atom stereocenters. The predicted molar refractivity (Wildman–Crippen MR) is 178 cm³/mol. The van der Waals surface area contributed by atoms with Crippen LogP contribution in [-0.4, -0.2) is 22.3 Å². The fourth-order valence-electron chi connectivity index (χ4n) is 6.10. The number of anilines is 1. The number of nitrogens with one attached hydrogen (secondary N) is 1. The number of carbonyl (C=O) groups is 1. The van der Waals surface area contributed by atoms with Gasteiger partial charge in [0.25, 0.3) is 0 Å². The number of benzene rings is 4. The topological polar surface area (TPSA) is 54.5 Å². The summed E-state index contributed by atoms with van der Waals surface area (Å²) in [5.41, 5.74) is 6.46. The third-order valence-electron chi connectivity index (χ3n) is 8.07. The zero-order chi connectivity index (χ0) is 28.0. The van der Waals surface area contributed by atoms with E-state index in [9.17, 15) is 4.79 Å². The molecular formula is C35H28ClN3O2S2. The smallest absolute Gasteiger partial charge is 0.237 e. The molecule has 5 nitrogen and oxygen atoms in total. The summed E-state index contributed by atoms with van der Waals surface area (Å²) < 4.78 is 7.32. The largest absolute Gasteiger partial charge is 0.457 e. The monoisotopic (exact) mass is 621 g/mol. The van der Waals surface area contributed by atoms with Gasteiger partial charge in [0.05, 0.1) is 16.1 Å². The van der Waals surface area contributed by atoms with Gasteiger partial charge in [0.2, 0.25) is 5.91 Å². The standard InChI is InChI=1S/C35H27N3O2S2.ClH/c39-33(31-23-12-4-7-15-27(23)40-28-16-8-5-13-24(28)31)37-35-32(34-36-26-14-6-9-17-29(26)41-34)25-18-19-38(21-30(25)42-35)20-22-10-2-1-3-11-22;/h1-17,31H,18-21H2,(H,37,39);1H. The van der Waals surface area contributed by atoms with Crippen LogP contribution in [0.1, 0.15) is 33.0 Å². The SMILES string of the molecule is Cl.O=C(Nc1sc2c(c1-c1nc3ccccc3s1)CCN(Cc1ccccc1)C2)C1c2ccccc2Oc2ccccc21. The van der Waals surface area contributed by atoms with Gasteiger partial charge in [0.15, 0.2) is 0 Å². The minimum Gasteiger partial charge on any atom is -0.457 e. The number of halogens is 1. The Hall–Kier alpha value is -4.01. The molecule has 0 unspecified atom stereocenters. The molecular weight excluding hydrogens is 594 g/mol. The highest BCUT2D eigenvalue weighted by molar-refractivity contribution is 7.23. The first-order chi connectivity index (χ1) is 20.7. The number of thiophene rings is 1. The lowest BCUT2D eigenvalue weighted by Crippen LogP contribution is -2.29. The highest BCUT2D eigenvalue weighted by Gasteiger charge is 2.34. The zero-order valence-electron chi connectivity index (χ0n) is 23.2. The summed E-state index contributed by atoms with van der Waals surface area (Å²) >= 11 is 3.39. The lowest BCUT2D eigenvalue weighted by atomic mass is 9.87. The Kier molecular flexibility index (Phi) is 7.49. The molecule has 1 N–H and O–H groups in total. The van der Waals surface area contributed by atoms with Crippen LogP contribution < -0.4 is 10.1 Å². The number of ether oxygens (including phenoxy) is 1. The molecule has 0 saturated carbocycles. The molecule has 4 heterocycles. The average molecular weight is 622 g/mol. The van der Waals surface area contributed by atoms with Crippen molar-refractivity contribution in [1.82, 2.24) is 9.88 Å². The van der Waals surface area contributed by atoms with Crippen molar-refractivity contribution in [3.63, 3.8) is 0 Å². The number of rotatable bonds is 5. The lowest BCUT2D eigenvalue weighted by molar-refractivity contribution is -0.116. The number of thiazole rings is 1. The molecule has 2 aromatic heterocycles. The summed E-state index contributed by atoms with van der Waals surface area (Å²) in [7, 11) is 0. The van der Waals surface area contributed by atoms with Gasteiger partial charge in [-0.25, -0.2) is 4.98 Å². The van der Waals surface area contributed by atoms with Gasteiger partial charge < -0.3 is 10.1 Å². The second-order valence-electron chi connectivity index (χ2n) is 10.7. The molecule has 8 heteroatoms. The van der Waals surface area contributed by atoms with Gasteiger partial charge in [-0.3, -0.25) is 9.69 Å². The Labute approximate surface area is 264 Å². The van der Waals surface area contributed by atoms with E-state index in [1.807, 2.05) is 54.6 Å². The third kappa shape index (κ3) is 5.12.